The van der Waals surface area contributed by atoms with Crippen LogP contribution in [0.3, 0.4) is 0 Å². The topological polar surface area (TPSA) is 38.3 Å². The second kappa shape index (κ2) is 4.76. The van der Waals surface area contributed by atoms with Crippen molar-refractivity contribution in [2.45, 2.75) is 13.0 Å². The van der Waals surface area contributed by atoms with Crippen LogP contribution in [0.4, 0.5) is 5.69 Å². The highest BCUT2D eigenvalue weighted by Crippen LogP contribution is 2.38. The zero-order chi connectivity index (χ0) is 13.2. The van der Waals surface area contributed by atoms with Crippen LogP contribution in [-0.4, -0.2) is 18.9 Å². The highest BCUT2D eigenvalue weighted by molar-refractivity contribution is 5.84. The molecule has 2 aromatic rings. The van der Waals surface area contributed by atoms with E-state index in [0.29, 0.717) is 18.2 Å². The molecule has 0 aromatic heterocycles. The standard InChI is InChI=1S/C16H15NO2/c1-11-10-19-15-4-2-3-14(16(15)17-11)13-7-5-12(9-18)6-8-13/h2-9,11,17H,10H2,1H3/t11-/m1/s1. The highest BCUT2D eigenvalue weighted by Gasteiger charge is 2.18. The normalized spacial score (nSPS) is 17.0. The summed E-state index contributed by atoms with van der Waals surface area (Å²) >= 11 is 0. The van der Waals surface area contributed by atoms with Gasteiger partial charge in [-0.15, -0.1) is 0 Å². The molecule has 0 amide bonds. The van der Waals surface area contributed by atoms with Gasteiger partial charge in [-0.25, -0.2) is 0 Å². The zero-order valence-corrected chi connectivity index (χ0v) is 10.7. The molecule has 1 atom stereocenters. The van der Waals surface area contributed by atoms with E-state index >= 15 is 0 Å². The number of carbonyl (C=O) groups excluding carboxylic acids is 1. The van der Waals surface area contributed by atoms with Crippen LogP contribution < -0.4 is 10.1 Å². The molecule has 3 heteroatoms. The lowest BCUT2D eigenvalue weighted by molar-refractivity contribution is 0.112. The fourth-order valence-corrected chi connectivity index (χ4v) is 2.28. The first kappa shape index (κ1) is 11.8. The van der Waals surface area contributed by atoms with Gasteiger partial charge in [0.1, 0.15) is 18.6 Å². The Morgan fingerprint density at radius 1 is 1.21 bits per heavy atom. The number of ether oxygens (including phenoxy) is 1. The van der Waals surface area contributed by atoms with Crippen molar-refractivity contribution in [3.05, 3.63) is 48.0 Å². The lowest BCUT2D eigenvalue weighted by Gasteiger charge is -2.27. The monoisotopic (exact) mass is 253 g/mol. The Balaban J connectivity index is 2.06. The van der Waals surface area contributed by atoms with Crippen molar-refractivity contribution in [2.75, 3.05) is 11.9 Å². The molecule has 0 bridgehead atoms. The summed E-state index contributed by atoms with van der Waals surface area (Å²) in [5.74, 6) is 0.884. The van der Waals surface area contributed by atoms with Gasteiger partial charge in [0.15, 0.2) is 0 Å². The van der Waals surface area contributed by atoms with E-state index in [2.05, 4.69) is 18.3 Å². The maximum atomic E-state index is 10.7. The Morgan fingerprint density at radius 3 is 2.74 bits per heavy atom. The highest BCUT2D eigenvalue weighted by atomic mass is 16.5. The molecule has 0 saturated heterocycles. The molecule has 1 aliphatic rings. The number of para-hydroxylation sites is 1. The van der Waals surface area contributed by atoms with Gasteiger partial charge in [-0.05, 0) is 18.6 Å². The van der Waals surface area contributed by atoms with Gasteiger partial charge < -0.3 is 10.1 Å². The smallest absolute Gasteiger partial charge is 0.150 e. The minimum absolute atomic E-state index is 0.294. The third-order valence-electron chi connectivity index (χ3n) is 3.26. The van der Waals surface area contributed by atoms with E-state index in [1.54, 1.807) is 0 Å². The van der Waals surface area contributed by atoms with Crippen LogP contribution in [-0.2, 0) is 0 Å². The quantitative estimate of drug-likeness (QED) is 0.834. The predicted octanol–water partition coefficient (Wildman–Crippen LogP) is 3.36. The average Bonchev–Trinajstić information content (AvgIpc) is 2.47. The molecule has 96 valence electrons. The van der Waals surface area contributed by atoms with E-state index < -0.39 is 0 Å². The summed E-state index contributed by atoms with van der Waals surface area (Å²) in [5.41, 5.74) is 3.89. The molecule has 0 fully saturated rings. The Morgan fingerprint density at radius 2 is 2.00 bits per heavy atom. The number of hydrogen-bond acceptors (Lipinski definition) is 3. The first-order valence-corrected chi connectivity index (χ1v) is 6.36. The molecule has 0 aliphatic carbocycles. The maximum Gasteiger partial charge on any atom is 0.150 e. The van der Waals surface area contributed by atoms with Crippen molar-refractivity contribution < 1.29 is 9.53 Å². The third-order valence-corrected chi connectivity index (χ3v) is 3.26. The Hall–Kier alpha value is -2.29. The Labute approximate surface area is 112 Å². The molecule has 19 heavy (non-hydrogen) atoms. The minimum atomic E-state index is 0.294. The van der Waals surface area contributed by atoms with E-state index in [0.717, 1.165) is 28.8 Å². The third kappa shape index (κ3) is 2.19. The molecule has 0 spiro atoms. The van der Waals surface area contributed by atoms with Crippen LogP contribution in [0.5, 0.6) is 5.75 Å². The molecule has 2 aromatic carbocycles. The fraction of sp³-hybridized carbons (Fsp3) is 0.188. The molecule has 1 N–H and O–H groups in total. The zero-order valence-electron chi connectivity index (χ0n) is 10.7. The number of hydrogen-bond donors (Lipinski definition) is 1. The molecule has 1 aliphatic heterocycles. The van der Waals surface area contributed by atoms with E-state index in [9.17, 15) is 4.79 Å². The van der Waals surface area contributed by atoms with Crippen molar-refractivity contribution in [3.8, 4) is 16.9 Å². The summed E-state index contributed by atoms with van der Waals surface area (Å²) in [6.45, 7) is 2.77. The first-order chi connectivity index (χ1) is 9.28. The number of rotatable bonds is 2. The van der Waals surface area contributed by atoms with Crippen LogP contribution in [0.1, 0.15) is 17.3 Å². The molecule has 0 unspecified atom stereocenters. The Kier molecular flexibility index (Phi) is 2.95. The van der Waals surface area contributed by atoms with Gasteiger partial charge >= 0.3 is 0 Å². The number of aldehydes is 1. The van der Waals surface area contributed by atoms with Gasteiger partial charge in [0.25, 0.3) is 0 Å². The maximum absolute atomic E-state index is 10.7. The van der Waals surface area contributed by atoms with Crippen molar-refractivity contribution >= 4 is 12.0 Å². The van der Waals surface area contributed by atoms with Crippen molar-refractivity contribution in [2.24, 2.45) is 0 Å². The summed E-state index contributed by atoms with van der Waals surface area (Å²) in [7, 11) is 0. The van der Waals surface area contributed by atoms with Gasteiger partial charge in [-0.2, -0.15) is 0 Å². The fourth-order valence-electron chi connectivity index (χ4n) is 2.28. The van der Waals surface area contributed by atoms with Crippen molar-refractivity contribution in [1.29, 1.82) is 0 Å². The van der Waals surface area contributed by atoms with Crippen molar-refractivity contribution in [3.63, 3.8) is 0 Å². The number of anilines is 1. The number of benzene rings is 2. The summed E-state index contributed by atoms with van der Waals surface area (Å²) in [6.07, 6.45) is 0.855. The number of fused-ring (bicyclic) bond motifs is 1. The average molecular weight is 253 g/mol. The summed E-state index contributed by atoms with van der Waals surface area (Å²) in [5, 5.41) is 3.46. The van der Waals surface area contributed by atoms with Crippen LogP contribution in [0.2, 0.25) is 0 Å². The second-order valence-electron chi connectivity index (χ2n) is 4.77. The molecule has 0 saturated carbocycles. The van der Waals surface area contributed by atoms with Gasteiger partial charge in [-0.1, -0.05) is 36.4 Å². The van der Waals surface area contributed by atoms with E-state index in [4.69, 9.17) is 4.74 Å². The summed E-state index contributed by atoms with van der Waals surface area (Å²) in [4.78, 5) is 10.7. The molecule has 1 heterocycles. The lowest BCUT2D eigenvalue weighted by Crippen LogP contribution is -2.28. The SMILES string of the molecule is C[C@@H]1COc2cccc(-c3ccc(C=O)cc3)c2N1. The minimum Gasteiger partial charge on any atom is -0.489 e. The molecular weight excluding hydrogens is 238 g/mol. The lowest BCUT2D eigenvalue weighted by atomic mass is 10.0. The van der Waals surface area contributed by atoms with Crippen LogP contribution in [0.25, 0.3) is 11.1 Å². The van der Waals surface area contributed by atoms with E-state index in [-0.39, 0.29) is 0 Å². The molecule has 3 rings (SSSR count). The van der Waals surface area contributed by atoms with E-state index in [1.165, 1.54) is 0 Å². The van der Waals surface area contributed by atoms with Crippen molar-refractivity contribution in [1.82, 2.24) is 0 Å². The second-order valence-corrected chi connectivity index (χ2v) is 4.77. The summed E-state index contributed by atoms with van der Waals surface area (Å²) < 4.78 is 5.72. The van der Waals surface area contributed by atoms with Gasteiger partial charge in [0, 0.05) is 11.1 Å². The number of nitrogens with one attached hydrogen (secondary N) is 1. The molecule has 0 radical (unpaired) electrons. The van der Waals surface area contributed by atoms with Crippen LogP contribution >= 0.6 is 0 Å². The van der Waals surface area contributed by atoms with Gasteiger partial charge in [0.2, 0.25) is 0 Å². The number of carbonyl (C=O) groups is 1. The predicted molar refractivity (Wildman–Crippen MR) is 75.8 cm³/mol. The van der Waals surface area contributed by atoms with Crippen LogP contribution in [0, 0.1) is 0 Å². The van der Waals surface area contributed by atoms with Gasteiger partial charge in [0.05, 0.1) is 11.7 Å². The largest absolute Gasteiger partial charge is 0.489 e. The molecule has 3 nitrogen and oxygen atoms in total. The molecular formula is C16H15NO2. The first-order valence-electron chi connectivity index (χ1n) is 6.36. The summed E-state index contributed by atoms with van der Waals surface area (Å²) in [6, 6.07) is 13.9. The van der Waals surface area contributed by atoms with E-state index in [1.807, 2.05) is 36.4 Å². The Bertz CT molecular complexity index is 605. The van der Waals surface area contributed by atoms with Gasteiger partial charge in [-0.3, -0.25) is 4.79 Å². The van der Waals surface area contributed by atoms with Crippen LogP contribution in [0.15, 0.2) is 42.5 Å².